The molecule has 24 heavy (non-hydrogen) atoms. The van der Waals surface area contributed by atoms with E-state index >= 15 is 0 Å². The molecule has 0 aliphatic carbocycles. The molecule has 2 atom stereocenters. The fourth-order valence-corrected chi connectivity index (χ4v) is 3.58. The summed E-state index contributed by atoms with van der Waals surface area (Å²) in [6.07, 6.45) is 1.30. The zero-order chi connectivity index (χ0) is 18.8. The first-order chi connectivity index (χ1) is 10.7. The third-order valence-corrected chi connectivity index (χ3v) is 4.22. The lowest BCUT2D eigenvalue weighted by Gasteiger charge is -2.36. The maximum absolute atomic E-state index is 9.56. The summed E-state index contributed by atoms with van der Waals surface area (Å²) in [7, 11) is 0. The van der Waals surface area contributed by atoms with E-state index in [9.17, 15) is 10.5 Å². The van der Waals surface area contributed by atoms with Crippen LogP contribution in [0.4, 0.5) is 0 Å². The minimum atomic E-state index is -0.827. The van der Waals surface area contributed by atoms with E-state index in [0.29, 0.717) is 12.8 Å². The predicted molar refractivity (Wildman–Crippen MR) is 96.7 cm³/mol. The zero-order valence-electron chi connectivity index (χ0n) is 16.4. The van der Waals surface area contributed by atoms with Crippen molar-refractivity contribution in [2.45, 2.75) is 79.4 Å². The summed E-state index contributed by atoms with van der Waals surface area (Å²) in [5, 5.41) is 19.1. The summed E-state index contributed by atoms with van der Waals surface area (Å²) in [6, 6.07) is 7.72. The second kappa shape index (κ2) is 7.12. The normalized spacial score (nSPS) is 18.1. The average molecular weight is 338 g/mol. The van der Waals surface area contributed by atoms with Gasteiger partial charge >= 0.3 is 0 Å². The lowest BCUT2D eigenvalue weighted by molar-refractivity contribution is -0.332. The topological polar surface area (TPSA) is 58.9 Å². The van der Waals surface area contributed by atoms with Crippen molar-refractivity contribution in [2.24, 2.45) is 10.8 Å². The van der Waals surface area contributed by atoms with E-state index in [2.05, 4.69) is 41.5 Å². The molecule has 1 aromatic rings. The molecule has 1 rings (SSSR count). The van der Waals surface area contributed by atoms with Gasteiger partial charge in [0.25, 0.3) is 0 Å². The van der Waals surface area contributed by atoms with Gasteiger partial charge in [-0.3, -0.25) is 10.5 Å². The largest absolute Gasteiger partial charge is 0.251 e. The molecule has 4 nitrogen and oxygen atoms in total. The van der Waals surface area contributed by atoms with Crippen molar-refractivity contribution in [2.75, 3.05) is 0 Å². The van der Waals surface area contributed by atoms with Crippen LogP contribution in [0.3, 0.4) is 0 Å². The Kier molecular flexibility index (Phi) is 6.26. The quantitative estimate of drug-likeness (QED) is 0.495. The van der Waals surface area contributed by atoms with Gasteiger partial charge in [-0.05, 0) is 54.7 Å². The van der Waals surface area contributed by atoms with Gasteiger partial charge in [-0.1, -0.05) is 59.7 Å². The van der Waals surface area contributed by atoms with Crippen LogP contribution >= 0.6 is 0 Å². The third-order valence-electron chi connectivity index (χ3n) is 4.22. The standard InChI is InChI=1S/C20H34O4/c1-17(2,3)13-19(7,23-21)15-10-9-11-16(12-15)20(8,24-22)14-18(4,5)6/h9-12,21-22H,13-14H2,1-8H3. The summed E-state index contributed by atoms with van der Waals surface area (Å²) >= 11 is 0. The van der Waals surface area contributed by atoms with Crippen LogP contribution in [-0.4, -0.2) is 10.5 Å². The number of hydrogen-bond donors (Lipinski definition) is 2. The summed E-state index contributed by atoms with van der Waals surface area (Å²) in [5.41, 5.74) is 0.0218. The molecule has 0 bridgehead atoms. The molecule has 0 saturated carbocycles. The third kappa shape index (κ3) is 5.55. The van der Waals surface area contributed by atoms with E-state index in [4.69, 9.17) is 9.78 Å². The van der Waals surface area contributed by atoms with E-state index in [0.717, 1.165) is 11.1 Å². The highest BCUT2D eigenvalue weighted by molar-refractivity contribution is 5.32. The molecule has 4 heteroatoms. The molecule has 0 fully saturated rings. The van der Waals surface area contributed by atoms with E-state index in [1.165, 1.54) is 0 Å². The van der Waals surface area contributed by atoms with Crippen molar-refractivity contribution in [3.05, 3.63) is 35.4 Å². The van der Waals surface area contributed by atoms with Crippen molar-refractivity contribution in [3.63, 3.8) is 0 Å². The van der Waals surface area contributed by atoms with Gasteiger partial charge in [0.1, 0.15) is 11.2 Å². The summed E-state index contributed by atoms with van der Waals surface area (Å²) < 4.78 is 0. The second-order valence-corrected chi connectivity index (χ2v) is 9.70. The molecule has 0 aliphatic heterocycles. The molecule has 0 aromatic heterocycles. The fourth-order valence-electron chi connectivity index (χ4n) is 3.58. The van der Waals surface area contributed by atoms with E-state index < -0.39 is 11.2 Å². The van der Waals surface area contributed by atoms with Crippen LogP contribution in [0.25, 0.3) is 0 Å². The van der Waals surface area contributed by atoms with Gasteiger partial charge < -0.3 is 0 Å². The van der Waals surface area contributed by atoms with Crippen molar-refractivity contribution in [1.29, 1.82) is 0 Å². The summed E-state index contributed by atoms with van der Waals surface area (Å²) in [6.45, 7) is 16.4. The molecule has 0 aliphatic rings. The van der Waals surface area contributed by atoms with Gasteiger partial charge in [-0.15, -0.1) is 0 Å². The van der Waals surface area contributed by atoms with Crippen molar-refractivity contribution < 1.29 is 20.3 Å². The summed E-state index contributed by atoms with van der Waals surface area (Å²) in [5.74, 6) is 0. The summed E-state index contributed by atoms with van der Waals surface area (Å²) in [4.78, 5) is 9.80. The van der Waals surface area contributed by atoms with Gasteiger partial charge in [-0.2, -0.15) is 0 Å². The predicted octanol–water partition coefficient (Wildman–Crippen LogP) is 5.97. The fraction of sp³-hybridized carbons (Fsp3) is 0.700. The lowest BCUT2D eigenvalue weighted by atomic mass is 9.76. The van der Waals surface area contributed by atoms with Crippen molar-refractivity contribution in [3.8, 4) is 0 Å². The van der Waals surface area contributed by atoms with Crippen LogP contribution in [0.1, 0.15) is 79.4 Å². The molecule has 2 unspecified atom stereocenters. The maximum atomic E-state index is 9.56. The van der Waals surface area contributed by atoms with Crippen LogP contribution in [0.2, 0.25) is 0 Å². The number of benzene rings is 1. The second-order valence-electron chi connectivity index (χ2n) is 9.70. The van der Waals surface area contributed by atoms with Crippen molar-refractivity contribution in [1.82, 2.24) is 0 Å². The van der Waals surface area contributed by atoms with Crippen LogP contribution in [0.5, 0.6) is 0 Å². The van der Waals surface area contributed by atoms with Gasteiger partial charge in [0.2, 0.25) is 0 Å². The minimum absolute atomic E-state index is 0.0182. The van der Waals surface area contributed by atoms with Crippen molar-refractivity contribution >= 4 is 0 Å². The molecule has 138 valence electrons. The minimum Gasteiger partial charge on any atom is -0.251 e. The molecule has 0 spiro atoms. The highest BCUT2D eigenvalue weighted by Crippen LogP contribution is 2.41. The van der Waals surface area contributed by atoms with Gasteiger partial charge in [0, 0.05) is 0 Å². The van der Waals surface area contributed by atoms with E-state index in [-0.39, 0.29) is 10.8 Å². The van der Waals surface area contributed by atoms with E-state index in [1.807, 2.05) is 38.1 Å². The molecular weight excluding hydrogens is 304 g/mol. The Morgan fingerprint density at radius 1 is 0.708 bits per heavy atom. The van der Waals surface area contributed by atoms with Gasteiger partial charge in [-0.25, -0.2) is 9.78 Å². The molecular formula is C20H34O4. The Bertz CT molecular complexity index is 496. The SMILES string of the molecule is CC(C)(C)CC(C)(OO)c1cccc(C(C)(CC(C)(C)C)OO)c1. The zero-order valence-corrected chi connectivity index (χ0v) is 16.4. The Labute approximate surface area is 146 Å². The Morgan fingerprint density at radius 2 is 1.04 bits per heavy atom. The van der Waals surface area contributed by atoms with E-state index in [1.54, 1.807) is 0 Å². The molecule has 0 radical (unpaired) electrons. The first kappa shape index (κ1) is 21.1. The monoisotopic (exact) mass is 338 g/mol. The van der Waals surface area contributed by atoms with Gasteiger partial charge in [0.15, 0.2) is 0 Å². The Morgan fingerprint density at radius 3 is 1.29 bits per heavy atom. The molecule has 0 saturated heterocycles. The molecule has 0 heterocycles. The van der Waals surface area contributed by atoms with Crippen LogP contribution in [0.15, 0.2) is 24.3 Å². The molecule has 2 N–H and O–H groups in total. The first-order valence-electron chi connectivity index (χ1n) is 8.51. The Hall–Kier alpha value is -0.940. The maximum Gasteiger partial charge on any atom is 0.126 e. The lowest BCUT2D eigenvalue weighted by Crippen LogP contribution is -2.33. The van der Waals surface area contributed by atoms with Gasteiger partial charge in [0.05, 0.1) is 0 Å². The highest BCUT2D eigenvalue weighted by Gasteiger charge is 2.37. The number of rotatable bonds is 6. The molecule has 0 amide bonds. The smallest absolute Gasteiger partial charge is 0.126 e. The highest BCUT2D eigenvalue weighted by atomic mass is 17.1. The van der Waals surface area contributed by atoms with Crippen LogP contribution in [-0.2, 0) is 21.0 Å². The van der Waals surface area contributed by atoms with Crippen LogP contribution in [0, 0.1) is 10.8 Å². The molecule has 1 aromatic carbocycles. The van der Waals surface area contributed by atoms with Crippen LogP contribution < -0.4 is 0 Å². The average Bonchev–Trinajstić information content (AvgIpc) is 2.43. The number of hydrogen-bond acceptors (Lipinski definition) is 4. The Balaban J connectivity index is 3.30. The first-order valence-corrected chi connectivity index (χ1v) is 8.51.